The summed E-state index contributed by atoms with van der Waals surface area (Å²) in [5.74, 6) is 0. The zero-order valence-electron chi connectivity index (χ0n) is 29.8. The molecular formula is C53H31NSe. The van der Waals surface area contributed by atoms with Crippen molar-refractivity contribution < 1.29 is 0 Å². The van der Waals surface area contributed by atoms with Crippen molar-refractivity contribution in [3.05, 3.63) is 199 Å². The summed E-state index contributed by atoms with van der Waals surface area (Å²) < 4.78 is 2.86. The van der Waals surface area contributed by atoms with Crippen molar-refractivity contribution in [1.29, 1.82) is 0 Å². The molecule has 0 atom stereocenters. The molecule has 1 aromatic heterocycles. The van der Waals surface area contributed by atoms with Gasteiger partial charge in [0.05, 0.1) is 0 Å². The average molecular weight is 761 g/mol. The Morgan fingerprint density at radius 2 is 0.727 bits per heavy atom. The van der Waals surface area contributed by atoms with E-state index in [1.807, 2.05) is 18.2 Å². The molecule has 1 nitrogen and oxygen atoms in total. The van der Waals surface area contributed by atoms with Gasteiger partial charge in [0.25, 0.3) is 0 Å². The first-order valence-corrected chi connectivity index (χ1v) is 20.4. The van der Waals surface area contributed by atoms with Crippen LogP contribution in [0.1, 0.15) is 0 Å². The zero-order valence-corrected chi connectivity index (χ0v) is 31.5. The van der Waals surface area contributed by atoms with E-state index in [0.717, 1.165) is 11.1 Å². The van der Waals surface area contributed by atoms with Gasteiger partial charge in [-0.15, -0.1) is 0 Å². The molecule has 1 heterocycles. The van der Waals surface area contributed by atoms with Crippen LogP contribution >= 0.6 is 0 Å². The Morgan fingerprint density at radius 3 is 1.29 bits per heavy atom. The first-order valence-electron chi connectivity index (χ1n) is 18.6. The van der Waals surface area contributed by atoms with Gasteiger partial charge in [-0.1, -0.05) is 0 Å². The first kappa shape index (κ1) is 31.7. The van der Waals surface area contributed by atoms with Crippen molar-refractivity contribution in [3.8, 4) is 44.5 Å². The van der Waals surface area contributed by atoms with Gasteiger partial charge in [-0.2, -0.15) is 0 Å². The molecule has 0 unspecified atom stereocenters. The van der Waals surface area contributed by atoms with Crippen LogP contribution in [0.3, 0.4) is 0 Å². The second-order valence-corrected chi connectivity index (χ2v) is 16.3. The molecule has 10 aromatic carbocycles. The molecule has 0 amide bonds. The Hall–Kier alpha value is -6.75. The number of rotatable bonds is 4. The van der Waals surface area contributed by atoms with E-state index in [2.05, 4.69) is 175 Å². The van der Waals surface area contributed by atoms with Gasteiger partial charge in [-0.25, -0.2) is 0 Å². The zero-order chi connectivity index (χ0) is 36.5. The van der Waals surface area contributed by atoms with E-state index in [4.69, 9.17) is 6.57 Å². The van der Waals surface area contributed by atoms with Crippen LogP contribution in [0.2, 0.25) is 0 Å². The molecule has 0 aliphatic heterocycles. The summed E-state index contributed by atoms with van der Waals surface area (Å²) in [6, 6.07) is 68.3. The van der Waals surface area contributed by atoms with Crippen LogP contribution in [0, 0.1) is 6.57 Å². The maximum absolute atomic E-state index is 8.02. The second-order valence-electron chi connectivity index (χ2n) is 14.1. The van der Waals surface area contributed by atoms with Crippen molar-refractivity contribution in [3.63, 3.8) is 0 Å². The van der Waals surface area contributed by atoms with Crippen molar-refractivity contribution in [2.45, 2.75) is 0 Å². The maximum atomic E-state index is 8.02. The average Bonchev–Trinajstić information content (AvgIpc) is 3.65. The summed E-state index contributed by atoms with van der Waals surface area (Å²) in [7, 11) is 0. The number of fused-ring (bicyclic) bond motifs is 7. The van der Waals surface area contributed by atoms with E-state index in [9.17, 15) is 0 Å². The summed E-state index contributed by atoms with van der Waals surface area (Å²) in [5.41, 5.74) is 10.5. The van der Waals surface area contributed by atoms with Crippen molar-refractivity contribution in [2.24, 2.45) is 0 Å². The summed E-state index contributed by atoms with van der Waals surface area (Å²) in [5, 5.41) is 12.5. The van der Waals surface area contributed by atoms with Gasteiger partial charge in [0.2, 0.25) is 0 Å². The molecule has 0 radical (unpaired) electrons. The number of nitrogens with zero attached hydrogens (tertiary/aromatic N) is 1. The minimum absolute atomic E-state index is 0.0949. The summed E-state index contributed by atoms with van der Waals surface area (Å²) in [6.07, 6.45) is 0. The van der Waals surface area contributed by atoms with Gasteiger partial charge in [0, 0.05) is 0 Å². The second kappa shape index (κ2) is 12.7. The number of hydrogen-bond acceptors (Lipinski definition) is 0. The van der Waals surface area contributed by atoms with Crippen LogP contribution in [0.5, 0.6) is 0 Å². The summed E-state index contributed by atoms with van der Waals surface area (Å²) in [6.45, 7) is 8.02. The van der Waals surface area contributed by atoms with Crippen LogP contribution < -0.4 is 0 Å². The van der Waals surface area contributed by atoms with Crippen LogP contribution in [-0.2, 0) is 0 Å². The fraction of sp³-hybridized carbons (Fsp3) is 0. The van der Waals surface area contributed by atoms with Crippen molar-refractivity contribution in [1.82, 2.24) is 0 Å². The number of benzene rings is 10. The standard InChI is InChI=1S/C53H31NSe/c1-54-46-31-14-13-27-42(46)49-38-23-9-11-25-40(38)50(41-26-12-10-24-39(41)49)43-28-16-32-47-52(43)45-30-15-29-44(53(45)55-47)51-36-21-7-5-19-34(36)48(33-17-3-2-4-18-33)35-20-6-8-22-37(35)51/h2-32H. The first-order chi connectivity index (χ1) is 27.3. The Bertz CT molecular complexity index is 3270. The molecular weight excluding hydrogens is 730 g/mol. The molecule has 0 bridgehead atoms. The topological polar surface area (TPSA) is 4.36 Å². The third-order valence-electron chi connectivity index (χ3n) is 11.3. The van der Waals surface area contributed by atoms with Gasteiger partial charge in [-0.3, -0.25) is 0 Å². The molecule has 0 saturated heterocycles. The normalized spacial score (nSPS) is 11.6. The molecule has 254 valence electrons. The Balaban J connectivity index is 1.24. The van der Waals surface area contributed by atoms with Gasteiger partial charge in [0.1, 0.15) is 0 Å². The Morgan fingerprint density at radius 1 is 0.327 bits per heavy atom. The molecule has 0 fully saturated rings. The van der Waals surface area contributed by atoms with E-state index < -0.39 is 0 Å². The molecule has 0 aliphatic carbocycles. The van der Waals surface area contributed by atoms with E-state index in [1.54, 1.807) is 0 Å². The van der Waals surface area contributed by atoms with Crippen LogP contribution in [0.15, 0.2) is 188 Å². The molecule has 11 aromatic rings. The van der Waals surface area contributed by atoms with Gasteiger partial charge in [0.15, 0.2) is 0 Å². The monoisotopic (exact) mass is 761 g/mol. The molecule has 0 saturated carbocycles. The van der Waals surface area contributed by atoms with E-state index in [-0.39, 0.29) is 14.5 Å². The Labute approximate surface area is 324 Å². The van der Waals surface area contributed by atoms with Gasteiger partial charge >= 0.3 is 327 Å². The predicted molar refractivity (Wildman–Crippen MR) is 236 cm³/mol. The SMILES string of the molecule is [C-]#[N+]c1ccccc1-c1c2ccccc2c(-c2cccc3[se]c4c(-c5c6ccccc6c(-c6ccccc6)c6ccccc56)cccc4c23)c2ccccc12. The fourth-order valence-corrected chi connectivity index (χ4v) is 11.7. The molecule has 0 N–H and O–H groups in total. The Kier molecular flexibility index (Phi) is 7.32. The molecule has 11 rings (SSSR count). The van der Waals surface area contributed by atoms with E-state index in [0.29, 0.717) is 5.69 Å². The molecule has 2 heteroatoms. The van der Waals surface area contributed by atoms with Crippen LogP contribution in [0.4, 0.5) is 5.69 Å². The molecule has 55 heavy (non-hydrogen) atoms. The van der Waals surface area contributed by atoms with Crippen LogP contribution in [-0.4, -0.2) is 14.5 Å². The molecule has 0 spiro atoms. The quantitative estimate of drug-likeness (QED) is 0.0956. The fourth-order valence-electron chi connectivity index (χ4n) is 9.08. The van der Waals surface area contributed by atoms with Gasteiger partial charge < -0.3 is 0 Å². The van der Waals surface area contributed by atoms with Crippen molar-refractivity contribution >= 4 is 82.6 Å². The molecule has 0 aliphatic rings. The van der Waals surface area contributed by atoms with Crippen LogP contribution in [0.25, 0.3) is 112 Å². The predicted octanol–water partition coefficient (Wildman–Crippen LogP) is 14.9. The minimum atomic E-state index is 0.0949. The van der Waals surface area contributed by atoms with E-state index >= 15 is 0 Å². The van der Waals surface area contributed by atoms with E-state index in [1.165, 1.54) is 95.8 Å². The third kappa shape index (κ3) is 4.78. The summed E-state index contributed by atoms with van der Waals surface area (Å²) in [4.78, 5) is 3.96. The summed E-state index contributed by atoms with van der Waals surface area (Å²) >= 11 is 0.0949. The third-order valence-corrected chi connectivity index (χ3v) is 13.8. The number of hydrogen-bond donors (Lipinski definition) is 0. The number of para-hydroxylation sites is 1. The van der Waals surface area contributed by atoms with Gasteiger partial charge in [-0.05, 0) is 0 Å². The van der Waals surface area contributed by atoms with Crippen molar-refractivity contribution in [2.75, 3.05) is 0 Å².